The van der Waals surface area contributed by atoms with Crippen molar-refractivity contribution in [3.63, 3.8) is 0 Å². The zero-order valence-electron chi connectivity index (χ0n) is 18.5. The molecule has 0 atom stereocenters. The van der Waals surface area contributed by atoms with Crippen molar-refractivity contribution in [3.05, 3.63) is 155 Å². The van der Waals surface area contributed by atoms with Crippen LogP contribution in [-0.4, -0.2) is 0 Å². The SMILES string of the molecule is ClC1(C(=C2c3ccccc3-c3ccccc32)c2ccccc2)c2ccccc2-c2ccccc21. The Morgan fingerprint density at radius 1 is 0.412 bits per heavy atom. The lowest BCUT2D eigenvalue weighted by molar-refractivity contribution is 0.985. The van der Waals surface area contributed by atoms with E-state index in [-0.39, 0.29) is 0 Å². The van der Waals surface area contributed by atoms with Gasteiger partial charge in [0, 0.05) is 0 Å². The second-order valence-corrected chi connectivity index (χ2v) is 9.52. The van der Waals surface area contributed by atoms with Crippen LogP contribution in [0.3, 0.4) is 0 Å². The van der Waals surface area contributed by atoms with Crippen molar-refractivity contribution in [1.82, 2.24) is 0 Å². The van der Waals surface area contributed by atoms with Crippen LogP contribution in [0.1, 0.15) is 27.8 Å². The first-order valence-electron chi connectivity index (χ1n) is 11.7. The number of allylic oxidation sites excluding steroid dienone is 1. The maximum atomic E-state index is 7.99. The first-order valence-corrected chi connectivity index (χ1v) is 12.0. The summed E-state index contributed by atoms with van der Waals surface area (Å²) in [5, 5.41) is 0. The van der Waals surface area contributed by atoms with Crippen LogP contribution in [0.2, 0.25) is 0 Å². The molecule has 1 heteroatoms. The molecule has 0 aliphatic heterocycles. The quantitative estimate of drug-likeness (QED) is 0.230. The molecular formula is C33H21Cl. The first kappa shape index (κ1) is 19.6. The van der Waals surface area contributed by atoms with Gasteiger partial charge in [0.1, 0.15) is 4.87 Å². The van der Waals surface area contributed by atoms with Crippen molar-refractivity contribution in [2.24, 2.45) is 0 Å². The summed E-state index contributed by atoms with van der Waals surface area (Å²) in [6.45, 7) is 0. The smallest absolute Gasteiger partial charge is 0.103 e. The molecule has 0 spiro atoms. The van der Waals surface area contributed by atoms with E-state index in [2.05, 4.69) is 127 Å². The molecule has 0 saturated carbocycles. The Hall–Kier alpha value is -3.87. The third kappa shape index (κ3) is 2.55. The number of hydrogen-bond acceptors (Lipinski definition) is 0. The van der Waals surface area contributed by atoms with Crippen molar-refractivity contribution in [3.8, 4) is 22.3 Å². The highest BCUT2D eigenvalue weighted by molar-refractivity contribution is 6.37. The van der Waals surface area contributed by atoms with Crippen LogP contribution < -0.4 is 0 Å². The van der Waals surface area contributed by atoms with Crippen LogP contribution in [-0.2, 0) is 4.87 Å². The molecule has 0 unspecified atom stereocenters. The van der Waals surface area contributed by atoms with Gasteiger partial charge in [-0.25, -0.2) is 0 Å². The second-order valence-electron chi connectivity index (χ2n) is 8.96. The van der Waals surface area contributed by atoms with E-state index in [1.165, 1.54) is 39.0 Å². The molecule has 0 heterocycles. The number of benzene rings is 5. The van der Waals surface area contributed by atoms with E-state index in [0.29, 0.717) is 0 Å². The average Bonchev–Trinajstić information content (AvgIpc) is 3.37. The number of alkyl halides is 1. The minimum atomic E-state index is -0.811. The lowest BCUT2D eigenvalue weighted by atomic mass is 9.79. The van der Waals surface area contributed by atoms with Crippen molar-refractivity contribution in [2.75, 3.05) is 0 Å². The van der Waals surface area contributed by atoms with Crippen molar-refractivity contribution in [2.45, 2.75) is 4.87 Å². The summed E-state index contributed by atoms with van der Waals surface area (Å²) >= 11 is 7.99. The van der Waals surface area contributed by atoms with E-state index in [0.717, 1.165) is 22.3 Å². The predicted molar refractivity (Wildman–Crippen MR) is 143 cm³/mol. The van der Waals surface area contributed by atoms with Crippen molar-refractivity contribution in [1.29, 1.82) is 0 Å². The fourth-order valence-corrected chi connectivity index (χ4v) is 6.39. The minimum Gasteiger partial charge on any atom is -0.103 e. The molecule has 0 radical (unpaired) electrons. The van der Waals surface area contributed by atoms with E-state index in [1.54, 1.807) is 0 Å². The van der Waals surface area contributed by atoms with Crippen molar-refractivity contribution < 1.29 is 0 Å². The Balaban J connectivity index is 1.69. The molecule has 34 heavy (non-hydrogen) atoms. The van der Waals surface area contributed by atoms with Gasteiger partial charge in [0.15, 0.2) is 0 Å². The Labute approximate surface area is 204 Å². The highest BCUT2D eigenvalue weighted by Gasteiger charge is 2.47. The third-order valence-electron chi connectivity index (χ3n) is 7.23. The highest BCUT2D eigenvalue weighted by atomic mass is 35.5. The van der Waals surface area contributed by atoms with Crippen LogP contribution in [0, 0.1) is 0 Å². The van der Waals surface area contributed by atoms with Crippen LogP contribution in [0.15, 0.2) is 127 Å². The maximum Gasteiger partial charge on any atom is 0.122 e. The molecule has 0 amide bonds. The number of hydrogen-bond donors (Lipinski definition) is 0. The monoisotopic (exact) mass is 452 g/mol. The molecule has 2 aliphatic rings. The van der Waals surface area contributed by atoms with Gasteiger partial charge < -0.3 is 0 Å². The highest BCUT2D eigenvalue weighted by Crippen LogP contribution is 2.61. The molecule has 0 saturated heterocycles. The fraction of sp³-hybridized carbons (Fsp3) is 0.0303. The van der Waals surface area contributed by atoms with E-state index in [9.17, 15) is 0 Å². The molecule has 0 aromatic heterocycles. The largest absolute Gasteiger partial charge is 0.122 e. The normalized spacial score (nSPS) is 14.2. The van der Waals surface area contributed by atoms with Crippen LogP contribution >= 0.6 is 11.6 Å². The summed E-state index contributed by atoms with van der Waals surface area (Å²) in [7, 11) is 0. The van der Waals surface area contributed by atoms with Gasteiger partial charge in [-0.3, -0.25) is 0 Å². The van der Waals surface area contributed by atoms with Gasteiger partial charge in [-0.15, -0.1) is 11.6 Å². The van der Waals surface area contributed by atoms with Crippen LogP contribution in [0.25, 0.3) is 33.4 Å². The second kappa shape index (κ2) is 7.32. The van der Waals surface area contributed by atoms with Crippen molar-refractivity contribution >= 4 is 22.7 Å². The van der Waals surface area contributed by atoms with Crippen LogP contribution in [0.5, 0.6) is 0 Å². The molecule has 2 aliphatic carbocycles. The third-order valence-corrected chi connectivity index (χ3v) is 7.82. The molecule has 0 fully saturated rings. The summed E-state index contributed by atoms with van der Waals surface area (Å²) in [5.41, 5.74) is 13.2. The van der Waals surface area contributed by atoms with Gasteiger partial charge in [0.2, 0.25) is 0 Å². The lowest BCUT2D eigenvalue weighted by Gasteiger charge is -2.31. The molecule has 5 aromatic rings. The Morgan fingerprint density at radius 3 is 1.29 bits per heavy atom. The Morgan fingerprint density at radius 2 is 0.794 bits per heavy atom. The zero-order valence-corrected chi connectivity index (χ0v) is 19.3. The van der Waals surface area contributed by atoms with Gasteiger partial charge >= 0.3 is 0 Å². The van der Waals surface area contributed by atoms with E-state index >= 15 is 0 Å². The zero-order chi connectivity index (χ0) is 22.7. The summed E-state index contributed by atoms with van der Waals surface area (Å²) in [6.07, 6.45) is 0. The van der Waals surface area contributed by atoms with E-state index in [4.69, 9.17) is 11.6 Å². The summed E-state index contributed by atoms with van der Waals surface area (Å²) in [5.74, 6) is 0. The number of fused-ring (bicyclic) bond motifs is 6. The standard InChI is InChI=1S/C33H21Cl/c34-33(29-20-10-8-16-25(29)26-17-9-11-21-30(26)33)32(22-12-2-1-3-13-22)31-27-18-6-4-14-23(27)24-15-5-7-19-28(24)31/h1-21H. The molecule has 7 rings (SSSR count). The van der Waals surface area contributed by atoms with Gasteiger partial charge in [-0.1, -0.05) is 127 Å². The van der Waals surface area contributed by atoms with E-state index < -0.39 is 4.87 Å². The number of halogens is 1. The average molecular weight is 453 g/mol. The molecule has 0 N–H and O–H groups in total. The van der Waals surface area contributed by atoms with Gasteiger partial charge in [-0.2, -0.15) is 0 Å². The first-order chi connectivity index (χ1) is 16.8. The summed E-state index contributed by atoms with van der Waals surface area (Å²) in [4.78, 5) is -0.811. The summed E-state index contributed by atoms with van der Waals surface area (Å²) < 4.78 is 0. The van der Waals surface area contributed by atoms with Gasteiger partial charge in [0.25, 0.3) is 0 Å². The minimum absolute atomic E-state index is 0.811. The predicted octanol–water partition coefficient (Wildman–Crippen LogP) is 8.79. The van der Waals surface area contributed by atoms with Crippen LogP contribution in [0.4, 0.5) is 0 Å². The Kier molecular flexibility index (Phi) is 4.21. The fourth-order valence-electron chi connectivity index (χ4n) is 5.86. The topological polar surface area (TPSA) is 0 Å². The molecule has 160 valence electrons. The molecule has 0 nitrogen and oxygen atoms in total. The van der Waals surface area contributed by atoms with Gasteiger partial charge in [-0.05, 0) is 61.2 Å². The van der Waals surface area contributed by atoms with E-state index in [1.807, 2.05) is 0 Å². The van der Waals surface area contributed by atoms with Gasteiger partial charge in [0.05, 0.1) is 0 Å². The molecular weight excluding hydrogens is 432 g/mol. The lowest BCUT2D eigenvalue weighted by Crippen LogP contribution is -2.21. The molecule has 0 bridgehead atoms. The Bertz CT molecular complexity index is 1510. The maximum absolute atomic E-state index is 7.99. The number of rotatable bonds is 2. The summed E-state index contributed by atoms with van der Waals surface area (Å²) in [6, 6.07) is 45.3. The molecule has 5 aromatic carbocycles.